The van der Waals surface area contributed by atoms with Gasteiger partial charge in [-0.25, -0.2) is 0 Å². The monoisotopic (exact) mass is 260 g/mol. The van der Waals surface area contributed by atoms with Crippen molar-refractivity contribution in [2.24, 2.45) is 0 Å². The molecule has 1 aromatic rings. The average Bonchev–Trinajstić information content (AvgIpc) is 2.69. The van der Waals surface area contributed by atoms with Gasteiger partial charge in [0.15, 0.2) is 0 Å². The molecule has 100 valence electrons. The molecule has 0 spiro atoms. The van der Waals surface area contributed by atoms with Gasteiger partial charge in [0.1, 0.15) is 11.5 Å². The molecular weight excluding hydrogens is 236 g/mol. The standard InChI is InChI=1S/C13H24N2O.ClH/c1-5-11(2)15(4)9-8-14-10-13-7-6-12(3)16-13;/h6-7,11,14H,5,8-10H2,1-4H3;1H. The molecule has 1 N–H and O–H groups in total. The largest absolute Gasteiger partial charge is 0.465 e. The molecule has 0 bridgehead atoms. The summed E-state index contributed by atoms with van der Waals surface area (Å²) in [6.45, 7) is 9.35. The van der Waals surface area contributed by atoms with Crippen molar-refractivity contribution in [2.45, 2.75) is 39.8 Å². The van der Waals surface area contributed by atoms with Gasteiger partial charge in [-0.3, -0.25) is 0 Å². The van der Waals surface area contributed by atoms with Crippen molar-refractivity contribution >= 4 is 12.4 Å². The fraction of sp³-hybridized carbons (Fsp3) is 0.692. The highest BCUT2D eigenvalue weighted by Crippen LogP contribution is 2.05. The van der Waals surface area contributed by atoms with Gasteiger partial charge in [-0.2, -0.15) is 0 Å². The maximum Gasteiger partial charge on any atom is 0.117 e. The van der Waals surface area contributed by atoms with Crippen LogP contribution in [0.4, 0.5) is 0 Å². The smallest absolute Gasteiger partial charge is 0.117 e. The lowest BCUT2D eigenvalue weighted by Gasteiger charge is -2.23. The molecule has 0 amide bonds. The number of likely N-dealkylation sites (N-methyl/N-ethyl adjacent to an activating group) is 1. The molecule has 1 unspecified atom stereocenters. The molecule has 0 saturated carbocycles. The predicted molar refractivity (Wildman–Crippen MR) is 74.8 cm³/mol. The fourth-order valence-electron chi connectivity index (χ4n) is 1.58. The van der Waals surface area contributed by atoms with Gasteiger partial charge in [0.2, 0.25) is 0 Å². The topological polar surface area (TPSA) is 28.4 Å². The molecule has 0 saturated heterocycles. The number of hydrogen-bond acceptors (Lipinski definition) is 3. The van der Waals surface area contributed by atoms with Crippen LogP contribution in [0, 0.1) is 6.92 Å². The highest BCUT2D eigenvalue weighted by atomic mass is 35.5. The second kappa shape index (κ2) is 8.56. The van der Waals surface area contributed by atoms with Crippen molar-refractivity contribution in [3.8, 4) is 0 Å². The van der Waals surface area contributed by atoms with E-state index in [9.17, 15) is 0 Å². The third-order valence-electron chi connectivity index (χ3n) is 3.08. The van der Waals surface area contributed by atoms with Crippen LogP contribution in [0.25, 0.3) is 0 Å². The molecule has 4 heteroatoms. The summed E-state index contributed by atoms with van der Waals surface area (Å²) in [7, 11) is 2.17. The Morgan fingerprint density at radius 2 is 2.12 bits per heavy atom. The van der Waals surface area contributed by atoms with Crippen LogP contribution in [0.1, 0.15) is 31.8 Å². The second-order valence-corrected chi connectivity index (χ2v) is 4.43. The van der Waals surface area contributed by atoms with Gasteiger partial charge in [0.05, 0.1) is 6.54 Å². The molecule has 0 radical (unpaired) electrons. The van der Waals surface area contributed by atoms with E-state index in [4.69, 9.17) is 4.42 Å². The van der Waals surface area contributed by atoms with Crippen LogP contribution in [0.3, 0.4) is 0 Å². The van der Waals surface area contributed by atoms with Gasteiger partial charge >= 0.3 is 0 Å². The van der Waals surface area contributed by atoms with E-state index in [-0.39, 0.29) is 12.4 Å². The highest BCUT2D eigenvalue weighted by Gasteiger charge is 2.05. The molecule has 0 aliphatic rings. The van der Waals surface area contributed by atoms with E-state index in [1.807, 2.05) is 19.1 Å². The number of rotatable bonds is 7. The van der Waals surface area contributed by atoms with Gasteiger partial charge in [-0.1, -0.05) is 6.92 Å². The Balaban J connectivity index is 0.00000256. The third-order valence-corrected chi connectivity index (χ3v) is 3.08. The zero-order valence-electron chi connectivity index (χ0n) is 11.3. The van der Waals surface area contributed by atoms with Crippen LogP contribution in [-0.2, 0) is 6.54 Å². The Hall–Kier alpha value is -0.510. The molecule has 0 aliphatic carbocycles. The van der Waals surface area contributed by atoms with Gasteiger partial charge in [-0.05, 0) is 39.4 Å². The summed E-state index contributed by atoms with van der Waals surface area (Å²) in [4.78, 5) is 2.38. The van der Waals surface area contributed by atoms with E-state index in [1.165, 1.54) is 6.42 Å². The summed E-state index contributed by atoms with van der Waals surface area (Å²) >= 11 is 0. The first kappa shape index (κ1) is 16.5. The van der Waals surface area contributed by atoms with Crippen molar-refractivity contribution in [3.05, 3.63) is 23.7 Å². The van der Waals surface area contributed by atoms with Crippen LogP contribution >= 0.6 is 12.4 Å². The van der Waals surface area contributed by atoms with Gasteiger partial charge in [0, 0.05) is 19.1 Å². The van der Waals surface area contributed by atoms with Gasteiger partial charge in [-0.15, -0.1) is 12.4 Å². The maximum absolute atomic E-state index is 5.48. The number of hydrogen-bond donors (Lipinski definition) is 1. The van der Waals surface area contributed by atoms with Crippen molar-refractivity contribution in [2.75, 3.05) is 20.1 Å². The van der Waals surface area contributed by atoms with Crippen LogP contribution in [0.15, 0.2) is 16.5 Å². The van der Waals surface area contributed by atoms with Crippen molar-refractivity contribution < 1.29 is 4.42 Å². The molecule has 1 heterocycles. The maximum atomic E-state index is 5.48. The lowest BCUT2D eigenvalue weighted by Crippen LogP contribution is -2.34. The summed E-state index contributed by atoms with van der Waals surface area (Å²) < 4.78 is 5.48. The predicted octanol–water partition coefficient (Wildman–Crippen LogP) is 2.83. The first-order valence-electron chi connectivity index (χ1n) is 6.09. The molecule has 0 aliphatic heterocycles. The number of halogens is 1. The normalized spacial score (nSPS) is 12.5. The minimum absolute atomic E-state index is 0. The van der Waals surface area contributed by atoms with Crippen LogP contribution in [0.2, 0.25) is 0 Å². The Morgan fingerprint density at radius 1 is 1.41 bits per heavy atom. The van der Waals surface area contributed by atoms with E-state index in [2.05, 4.69) is 31.1 Å². The van der Waals surface area contributed by atoms with Crippen molar-refractivity contribution in [1.29, 1.82) is 0 Å². The van der Waals surface area contributed by atoms with E-state index in [0.717, 1.165) is 31.2 Å². The van der Waals surface area contributed by atoms with Crippen molar-refractivity contribution in [3.63, 3.8) is 0 Å². The van der Waals surface area contributed by atoms with E-state index >= 15 is 0 Å². The van der Waals surface area contributed by atoms with E-state index < -0.39 is 0 Å². The lowest BCUT2D eigenvalue weighted by atomic mass is 10.2. The minimum atomic E-state index is 0. The van der Waals surface area contributed by atoms with E-state index in [0.29, 0.717) is 6.04 Å². The summed E-state index contributed by atoms with van der Waals surface area (Å²) in [6.07, 6.45) is 1.20. The number of nitrogens with one attached hydrogen (secondary N) is 1. The zero-order valence-corrected chi connectivity index (χ0v) is 12.1. The molecule has 1 aromatic heterocycles. The molecular formula is C13H25ClN2O. The molecule has 17 heavy (non-hydrogen) atoms. The zero-order chi connectivity index (χ0) is 12.0. The number of aryl methyl sites for hydroxylation is 1. The molecule has 1 rings (SSSR count). The van der Waals surface area contributed by atoms with Gasteiger partial charge < -0.3 is 14.6 Å². The lowest BCUT2D eigenvalue weighted by molar-refractivity contribution is 0.250. The van der Waals surface area contributed by atoms with E-state index in [1.54, 1.807) is 0 Å². The molecule has 0 aromatic carbocycles. The number of furan rings is 1. The minimum Gasteiger partial charge on any atom is -0.465 e. The Labute approximate surface area is 111 Å². The van der Waals surface area contributed by atoms with Crippen LogP contribution in [0.5, 0.6) is 0 Å². The van der Waals surface area contributed by atoms with Crippen LogP contribution < -0.4 is 5.32 Å². The first-order valence-corrected chi connectivity index (χ1v) is 6.09. The molecule has 3 nitrogen and oxygen atoms in total. The van der Waals surface area contributed by atoms with Crippen molar-refractivity contribution in [1.82, 2.24) is 10.2 Å². The third kappa shape index (κ3) is 6.10. The highest BCUT2D eigenvalue weighted by molar-refractivity contribution is 5.85. The Bertz CT molecular complexity index is 301. The number of nitrogens with zero attached hydrogens (tertiary/aromatic N) is 1. The Morgan fingerprint density at radius 3 is 2.65 bits per heavy atom. The fourth-order valence-corrected chi connectivity index (χ4v) is 1.58. The second-order valence-electron chi connectivity index (χ2n) is 4.43. The molecule has 1 atom stereocenters. The Kier molecular flexibility index (Phi) is 8.30. The SMILES string of the molecule is CCC(C)N(C)CCNCc1ccc(C)o1.Cl. The quantitative estimate of drug-likeness (QED) is 0.765. The summed E-state index contributed by atoms with van der Waals surface area (Å²) in [5.41, 5.74) is 0. The van der Waals surface area contributed by atoms with Gasteiger partial charge in [0.25, 0.3) is 0 Å². The summed E-state index contributed by atoms with van der Waals surface area (Å²) in [5, 5.41) is 3.39. The summed E-state index contributed by atoms with van der Waals surface area (Å²) in [6, 6.07) is 4.69. The summed E-state index contributed by atoms with van der Waals surface area (Å²) in [5.74, 6) is 2.00. The average molecular weight is 261 g/mol. The molecule has 0 fully saturated rings. The van der Waals surface area contributed by atoms with Crippen LogP contribution in [-0.4, -0.2) is 31.1 Å². The first-order chi connectivity index (χ1) is 7.63.